The van der Waals surface area contributed by atoms with E-state index in [0.717, 1.165) is 77.1 Å². The first-order chi connectivity index (χ1) is 14.5. The molecular weight excluding hydrogens is 382 g/mol. The van der Waals surface area contributed by atoms with Crippen molar-refractivity contribution < 1.29 is 14.3 Å². The Morgan fingerprint density at radius 3 is 2.60 bits per heavy atom. The fourth-order valence-corrected chi connectivity index (χ4v) is 4.78. The molecule has 1 saturated carbocycles. The molecule has 166 valence electrons. The van der Waals surface area contributed by atoms with Gasteiger partial charge in [-0.15, -0.1) is 0 Å². The zero-order chi connectivity index (χ0) is 21.1. The first-order valence-corrected chi connectivity index (χ1v) is 11.4. The van der Waals surface area contributed by atoms with Crippen molar-refractivity contribution in [1.29, 1.82) is 0 Å². The van der Waals surface area contributed by atoms with E-state index in [2.05, 4.69) is 20.0 Å². The van der Waals surface area contributed by atoms with Gasteiger partial charge in [0.2, 0.25) is 5.91 Å². The van der Waals surface area contributed by atoms with Crippen molar-refractivity contribution in [3.63, 3.8) is 0 Å². The molecule has 1 aliphatic carbocycles. The third-order valence-electron chi connectivity index (χ3n) is 6.73. The predicted octanol–water partition coefficient (Wildman–Crippen LogP) is 1.67. The summed E-state index contributed by atoms with van der Waals surface area (Å²) in [6.07, 6.45) is 6.32. The number of hydrogen-bond donors (Lipinski definition) is 1. The van der Waals surface area contributed by atoms with E-state index in [0.29, 0.717) is 30.2 Å². The van der Waals surface area contributed by atoms with Crippen molar-refractivity contribution in [1.82, 2.24) is 24.9 Å². The summed E-state index contributed by atoms with van der Waals surface area (Å²) in [5.74, 6) is 0.578. The number of carbonyl (C=O) groups excluding carboxylic acids is 2. The molecule has 2 amide bonds. The third kappa shape index (κ3) is 5.03. The molecule has 2 aliphatic heterocycles. The number of carbonyl (C=O) groups is 2. The molecule has 8 nitrogen and oxygen atoms in total. The van der Waals surface area contributed by atoms with Gasteiger partial charge in [-0.1, -0.05) is 0 Å². The normalized spacial score (nSPS) is 23.0. The molecule has 2 saturated heterocycles. The van der Waals surface area contributed by atoms with Gasteiger partial charge >= 0.3 is 0 Å². The maximum absolute atomic E-state index is 12.7. The molecule has 1 aromatic rings. The van der Waals surface area contributed by atoms with Crippen LogP contribution in [0.3, 0.4) is 0 Å². The van der Waals surface area contributed by atoms with Crippen molar-refractivity contribution in [2.24, 2.45) is 5.92 Å². The standard InChI is InChI=1S/C22H35N5O3/c1-16-14-20(24-23-16)22(29)25(2)10-11-27(18-7-12-30-13-8-18)19-4-3-9-26(15-19)21(28)17-5-6-17/h14,17-19H,3-13,15H2,1-2H3,(H,23,24). The second-order valence-corrected chi connectivity index (χ2v) is 9.10. The van der Waals surface area contributed by atoms with E-state index >= 15 is 0 Å². The van der Waals surface area contributed by atoms with Gasteiger partial charge in [-0.2, -0.15) is 5.10 Å². The van der Waals surface area contributed by atoms with Gasteiger partial charge in [-0.05, 0) is 51.5 Å². The highest BCUT2D eigenvalue weighted by Gasteiger charge is 2.38. The zero-order valence-electron chi connectivity index (χ0n) is 18.3. The van der Waals surface area contributed by atoms with Gasteiger partial charge < -0.3 is 14.5 Å². The lowest BCUT2D eigenvalue weighted by Gasteiger charge is -2.44. The number of nitrogens with zero attached hydrogens (tertiary/aromatic N) is 4. The molecule has 1 atom stereocenters. The van der Waals surface area contributed by atoms with Crippen LogP contribution in [0.25, 0.3) is 0 Å². The van der Waals surface area contributed by atoms with Crippen molar-refractivity contribution in [3.05, 3.63) is 17.5 Å². The summed E-state index contributed by atoms with van der Waals surface area (Å²) < 4.78 is 5.59. The van der Waals surface area contributed by atoms with Crippen LogP contribution in [-0.2, 0) is 9.53 Å². The summed E-state index contributed by atoms with van der Waals surface area (Å²) in [4.78, 5) is 31.8. The van der Waals surface area contributed by atoms with Crippen molar-refractivity contribution >= 4 is 11.8 Å². The van der Waals surface area contributed by atoms with E-state index in [1.165, 1.54) is 0 Å². The summed E-state index contributed by atoms with van der Waals surface area (Å²) in [7, 11) is 1.85. The molecular formula is C22H35N5O3. The summed E-state index contributed by atoms with van der Waals surface area (Å²) in [6.45, 7) is 6.66. The fraction of sp³-hybridized carbons (Fsp3) is 0.773. The van der Waals surface area contributed by atoms with Gasteiger partial charge in [0, 0.05) is 70.1 Å². The van der Waals surface area contributed by atoms with Gasteiger partial charge in [0.15, 0.2) is 0 Å². The monoisotopic (exact) mass is 417 g/mol. The van der Waals surface area contributed by atoms with E-state index in [9.17, 15) is 9.59 Å². The number of piperidine rings is 1. The molecule has 1 N–H and O–H groups in total. The van der Waals surface area contributed by atoms with Crippen LogP contribution in [0.15, 0.2) is 6.07 Å². The Morgan fingerprint density at radius 1 is 1.17 bits per heavy atom. The Kier molecular flexibility index (Phi) is 6.73. The molecule has 3 fully saturated rings. The lowest BCUT2D eigenvalue weighted by Crippen LogP contribution is -2.55. The number of likely N-dealkylation sites (N-methyl/N-ethyl adjacent to an activating group) is 1. The van der Waals surface area contributed by atoms with E-state index in [1.807, 2.05) is 14.0 Å². The number of hydrogen-bond acceptors (Lipinski definition) is 5. The number of aromatic amines is 1. The number of H-pyrrole nitrogens is 1. The Labute approximate surface area is 178 Å². The Bertz CT molecular complexity index is 741. The first kappa shape index (κ1) is 21.3. The van der Waals surface area contributed by atoms with Crippen LogP contribution in [0.5, 0.6) is 0 Å². The van der Waals surface area contributed by atoms with E-state index < -0.39 is 0 Å². The van der Waals surface area contributed by atoms with Crippen molar-refractivity contribution in [3.8, 4) is 0 Å². The Morgan fingerprint density at radius 2 is 1.93 bits per heavy atom. The largest absolute Gasteiger partial charge is 0.381 e. The topological polar surface area (TPSA) is 81.8 Å². The van der Waals surface area contributed by atoms with Crippen LogP contribution >= 0.6 is 0 Å². The van der Waals surface area contributed by atoms with Gasteiger partial charge in [-0.25, -0.2) is 0 Å². The lowest BCUT2D eigenvalue weighted by molar-refractivity contribution is -0.135. The number of likely N-dealkylation sites (tertiary alicyclic amines) is 1. The fourth-order valence-electron chi connectivity index (χ4n) is 4.78. The molecule has 8 heteroatoms. The molecule has 0 aromatic carbocycles. The predicted molar refractivity (Wildman–Crippen MR) is 113 cm³/mol. The molecule has 3 aliphatic rings. The van der Waals surface area contributed by atoms with Crippen LogP contribution in [0.4, 0.5) is 0 Å². The average molecular weight is 418 g/mol. The van der Waals surface area contributed by atoms with Gasteiger partial charge in [0.25, 0.3) is 5.91 Å². The molecule has 0 spiro atoms. The summed E-state index contributed by atoms with van der Waals surface area (Å²) in [5, 5.41) is 6.95. The summed E-state index contributed by atoms with van der Waals surface area (Å²) in [5.41, 5.74) is 1.35. The number of nitrogens with one attached hydrogen (secondary N) is 1. The molecule has 3 heterocycles. The van der Waals surface area contributed by atoms with E-state index in [4.69, 9.17) is 4.74 Å². The summed E-state index contributed by atoms with van der Waals surface area (Å²) in [6, 6.07) is 2.61. The highest BCUT2D eigenvalue weighted by Crippen LogP contribution is 2.33. The Hall–Kier alpha value is -1.93. The molecule has 1 aromatic heterocycles. The van der Waals surface area contributed by atoms with Crippen LogP contribution in [0.2, 0.25) is 0 Å². The molecule has 0 bridgehead atoms. The van der Waals surface area contributed by atoms with Gasteiger partial charge in [-0.3, -0.25) is 19.6 Å². The molecule has 0 radical (unpaired) electrons. The maximum Gasteiger partial charge on any atom is 0.274 e. The number of rotatable bonds is 7. The Balaban J connectivity index is 1.40. The van der Waals surface area contributed by atoms with Crippen LogP contribution in [0.1, 0.15) is 54.7 Å². The maximum atomic E-state index is 12.7. The first-order valence-electron chi connectivity index (χ1n) is 11.4. The zero-order valence-corrected chi connectivity index (χ0v) is 18.3. The van der Waals surface area contributed by atoms with Crippen molar-refractivity contribution in [2.75, 3.05) is 46.4 Å². The minimum absolute atomic E-state index is 0.0551. The molecule has 30 heavy (non-hydrogen) atoms. The average Bonchev–Trinajstić information content (AvgIpc) is 3.54. The minimum Gasteiger partial charge on any atom is -0.381 e. The van der Waals surface area contributed by atoms with E-state index in [-0.39, 0.29) is 11.8 Å². The van der Waals surface area contributed by atoms with Crippen LogP contribution in [-0.4, -0.2) is 95.2 Å². The van der Waals surface area contributed by atoms with Gasteiger partial charge in [0.05, 0.1) is 0 Å². The third-order valence-corrected chi connectivity index (χ3v) is 6.73. The number of amides is 2. The molecule has 4 rings (SSSR count). The highest BCUT2D eigenvalue weighted by atomic mass is 16.5. The minimum atomic E-state index is -0.0551. The SMILES string of the molecule is Cc1cc(C(=O)N(C)CCN(C2CCOCC2)C2CCCN(C(=O)C3CC3)C2)n[nH]1. The van der Waals surface area contributed by atoms with Gasteiger partial charge in [0.1, 0.15) is 5.69 Å². The number of aryl methyl sites for hydroxylation is 1. The number of aromatic nitrogens is 2. The number of ether oxygens (including phenoxy) is 1. The molecule has 1 unspecified atom stereocenters. The lowest BCUT2D eigenvalue weighted by atomic mass is 9.98. The van der Waals surface area contributed by atoms with Crippen LogP contribution < -0.4 is 0 Å². The van der Waals surface area contributed by atoms with Crippen LogP contribution in [0, 0.1) is 12.8 Å². The second kappa shape index (κ2) is 9.47. The van der Waals surface area contributed by atoms with Crippen molar-refractivity contribution in [2.45, 2.75) is 57.5 Å². The quantitative estimate of drug-likeness (QED) is 0.730. The summed E-state index contributed by atoms with van der Waals surface area (Å²) >= 11 is 0. The highest BCUT2D eigenvalue weighted by molar-refractivity contribution is 5.92. The second-order valence-electron chi connectivity index (χ2n) is 9.10. The van der Waals surface area contributed by atoms with E-state index in [1.54, 1.807) is 11.0 Å². The smallest absolute Gasteiger partial charge is 0.274 e.